The van der Waals surface area contributed by atoms with Crippen LogP contribution < -0.4 is 5.73 Å². The third-order valence-corrected chi connectivity index (χ3v) is 2.85. The van der Waals surface area contributed by atoms with E-state index in [0.717, 1.165) is 12.1 Å². The fourth-order valence-corrected chi connectivity index (χ4v) is 1.88. The number of hydrogen-bond donors (Lipinski definition) is 2. The van der Waals surface area contributed by atoms with Crippen LogP contribution in [0.4, 0.5) is 19.0 Å². The summed E-state index contributed by atoms with van der Waals surface area (Å²) in [7, 11) is 0. The van der Waals surface area contributed by atoms with E-state index < -0.39 is 11.9 Å². The average Bonchev–Trinajstić information content (AvgIpc) is 2.75. The molecule has 0 atom stereocenters. The third-order valence-electron chi connectivity index (χ3n) is 2.85. The molecule has 0 saturated heterocycles. The molecule has 0 aliphatic carbocycles. The summed E-state index contributed by atoms with van der Waals surface area (Å²) in [6.07, 6.45) is -3.16. The molecule has 0 aromatic carbocycles. The quantitative estimate of drug-likeness (QED) is 0.672. The number of alkyl halides is 3. The van der Waals surface area contributed by atoms with Crippen LogP contribution in [-0.4, -0.2) is 24.9 Å². The van der Waals surface area contributed by atoms with E-state index in [1.807, 2.05) is 0 Å². The Labute approximate surface area is 115 Å². The summed E-state index contributed by atoms with van der Waals surface area (Å²) in [5.74, 6) is 0.0709. The lowest BCUT2D eigenvalue weighted by molar-refractivity contribution is -0.141. The molecule has 3 N–H and O–H groups in total. The van der Waals surface area contributed by atoms with Crippen molar-refractivity contribution in [1.29, 1.82) is 0 Å². The van der Waals surface area contributed by atoms with E-state index >= 15 is 0 Å². The zero-order valence-electron chi connectivity index (χ0n) is 10.3. The Morgan fingerprint density at radius 1 is 1.14 bits per heavy atom. The molecule has 0 saturated carbocycles. The summed E-state index contributed by atoms with van der Waals surface area (Å²) < 4.78 is 38.4. The van der Waals surface area contributed by atoms with Crippen LogP contribution in [0.3, 0.4) is 0 Å². The summed E-state index contributed by atoms with van der Waals surface area (Å²) in [4.78, 5) is 11.3. The van der Waals surface area contributed by atoms with Gasteiger partial charge in [0, 0.05) is 6.20 Å². The molecule has 9 heteroatoms. The maximum Gasteiger partial charge on any atom is 0.433 e. The summed E-state index contributed by atoms with van der Waals surface area (Å²) in [6.45, 7) is 0. The number of fused-ring (bicyclic) bond motifs is 1. The SMILES string of the molecule is Nc1ncccc1-c1nc2ccc(C(F)(F)F)nc2n1O. The van der Waals surface area contributed by atoms with Crippen LogP contribution in [0.15, 0.2) is 30.5 Å². The van der Waals surface area contributed by atoms with E-state index in [4.69, 9.17) is 5.73 Å². The molecule has 0 spiro atoms. The Balaban J connectivity index is 2.24. The highest BCUT2D eigenvalue weighted by molar-refractivity contribution is 5.79. The number of pyridine rings is 2. The minimum atomic E-state index is -4.61. The van der Waals surface area contributed by atoms with E-state index in [1.165, 1.54) is 6.20 Å². The average molecular weight is 295 g/mol. The third kappa shape index (κ3) is 2.12. The number of imidazole rings is 1. The highest BCUT2D eigenvalue weighted by atomic mass is 19.4. The van der Waals surface area contributed by atoms with Gasteiger partial charge in [-0.25, -0.2) is 15.0 Å². The minimum absolute atomic E-state index is 0.0255. The van der Waals surface area contributed by atoms with Gasteiger partial charge in [0.15, 0.2) is 11.5 Å². The van der Waals surface area contributed by atoms with Crippen molar-refractivity contribution in [3.63, 3.8) is 0 Å². The maximum atomic E-state index is 12.6. The molecule has 6 nitrogen and oxygen atoms in total. The van der Waals surface area contributed by atoms with E-state index in [9.17, 15) is 18.4 Å². The van der Waals surface area contributed by atoms with Crippen LogP contribution in [0.2, 0.25) is 0 Å². The molecule has 21 heavy (non-hydrogen) atoms. The number of anilines is 1. The zero-order valence-corrected chi connectivity index (χ0v) is 10.3. The van der Waals surface area contributed by atoms with Crippen LogP contribution in [0, 0.1) is 0 Å². The molecule has 3 heterocycles. The summed E-state index contributed by atoms with van der Waals surface area (Å²) in [5, 5.41) is 10.00. The molecule has 0 aliphatic heterocycles. The Morgan fingerprint density at radius 3 is 2.57 bits per heavy atom. The van der Waals surface area contributed by atoms with Gasteiger partial charge in [-0.3, -0.25) is 0 Å². The monoisotopic (exact) mass is 295 g/mol. The van der Waals surface area contributed by atoms with Crippen LogP contribution in [0.25, 0.3) is 22.6 Å². The van der Waals surface area contributed by atoms with Crippen LogP contribution in [-0.2, 0) is 6.18 Å². The maximum absolute atomic E-state index is 12.6. The van der Waals surface area contributed by atoms with E-state index in [0.29, 0.717) is 10.3 Å². The lowest BCUT2D eigenvalue weighted by atomic mass is 10.2. The van der Waals surface area contributed by atoms with Gasteiger partial charge >= 0.3 is 6.18 Å². The molecular formula is C12H8F3N5O. The van der Waals surface area contributed by atoms with E-state index in [1.54, 1.807) is 12.1 Å². The van der Waals surface area contributed by atoms with Crippen molar-refractivity contribution < 1.29 is 18.4 Å². The second kappa shape index (κ2) is 4.33. The van der Waals surface area contributed by atoms with E-state index in [2.05, 4.69) is 15.0 Å². The van der Waals surface area contributed by atoms with Crippen molar-refractivity contribution in [1.82, 2.24) is 19.7 Å². The van der Waals surface area contributed by atoms with Gasteiger partial charge in [-0.2, -0.15) is 13.2 Å². The number of aromatic nitrogens is 4. The van der Waals surface area contributed by atoms with Gasteiger partial charge in [-0.15, -0.1) is 4.73 Å². The zero-order chi connectivity index (χ0) is 15.2. The molecule has 3 rings (SSSR count). The molecule has 3 aromatic heterocycles. The molecule has 0 fully saturated rings. The Bertz CT molecular complexity index is 827. The van der Waals surface area contributed by atoms with Gasteiger partial charge < -0.3 is 10.9 Å². The van der Waals surface area contributed by atoms with Gasteiger partial charge in [0.25, 0.3) is 0 Å². The van der Waals surface area contributed by atoms with Gasteiger partial charge in [-0.1, -0.05) is 0 Å². The van der Waals surface area contributed by atoms with Crippen LogP contribution in [0.1, 0.15) is 5.69 Å². The second-order valence-corrected chi connectivity index (χ2v) is 4.22. The normalized spacial score (nSPS) is 12.0. The van der Waals surface area contributed by atoms with Crippen molar-refractivity contribution in [2.24, 2.45) is 0 Å². The van der Waals surface area contributed by atoms with Gasteiger partial charge in [0.2, 0.25) is 0 Å². The predicted molar refractivity (Wildman–Crippen MR) is 67.4 cm³/mol. The van der Waals surface area contributed by atoms with Crippen molar-refractivity contribution in [3.8, 4) is 11.4 Å². The number of nitrogens with zero attached hydrogens (tertiary/aromatic N) is 4. The lowest BCUT2D eigenvalue weighted by Gasteiger charge is -2.05. The van der Waals surface area contributed by atoms with Gasteiger partial charge in [0.05, 0.1) is 5.56 Å². The smallest absolute Gasteiger partial charge is 0.425 e. The predicted octanol–water partition coefficient (Wildman–Crippen LogP) is 2.33. The highest BCUT2D eigenvalue weighted by Gasteiger charge is 2.33. The van der Waals surface area contributed by atoms with Gasteiger partial charge in [0.1, 0.15) is 17.0 Å². The molecular weight excluding hydrogens is 287 g/mol. The standard InChI is InChI=1S/C12H8F3N5O/c13-12(14,15)8-4-3-7-11(19-8)20(21)10(18-7)6-2-1-5-17-9(6)16/h1-5,21H,(H2,16,17). The van der Waals surface area contributed by atoms with Gasteiger partial charge in [-0.05, 0) is 24.3 Å². The largest absolute Gasteiger partial charge is 0.433 e. The number of halogens is 3. The van der Waals surface area contributed by atoms with E-state index in [-0.39, 0.29) is 22.8 Å². The molecule has 0 unspecified atom stereocenters. The molecule has 0 radical (unpaired) electrons. The van der Waals surface area contributed by atoms with Crippen molar-refractivity contribution in [3.05, 3.63) is 36.2 Å². The summed E-state index contributed by atoms with van der Waals surface area (Å²) >= 11 is 0. The highest BCUT2D eigenvalue weighted by Crippen LogP contribution is 2.30. The molecule has 0 bridgehead atoms. The number of nitrogen functional groups attached to an aromatic ring is 1. The lowest BCUT2D eigenvalue weighted by Crippen LogP contribution is -2.08. The number of rotatable bonds is 1. The first-order valence-electron chi connectivity index (χ1n) is 5.75. The minimum Gasteiger partial charge on any atom is -0.425 e. The Kier molecular flexibility index (Phi) is 2.71. The number of hydrogen-bond acceptors (Lipinski definition) is 5. The fraction of sp³-hybridized carbons (Fsp3) is 0.0833. The second-order valence-electron chi connectivity index (χ2n) is 4.22. The summed E-state index contributed by atoms with van der Waals surface area (Å²) in [5.41, 5.74) is 4.66. The van der Waals surface area contributed by atoms with Crippen LogP contribution in [0.5, 0.6) is 0 Å². The Morgan fingerprint density at radius 2 is 1.90 bits per heavy atom. The van der Waals surface area contributed by atoms with Crippen molar-refractivity contribution in [2.45, 2.75) is 6.18 Å². The molecule has 108 valence electrons. The fourth-order valence-electron chi connectivity index (χ4n) is 1.88. The summed E-state index contributed by atoms with van der Waals surface area (Å²) in [6, 6.07) is 5.04. The van der Waals surface area contributed by atoms with Crippen molar-refractivity contribution >= 4 is 17.0 Å². The first-order valence-corrected chi connectivity index (χ1v) is 5.75. The molecule has 3 aromatic rings. The van der Waals surface area contributed by atoms with Crippen molar-refractivity contribution in [2.75, 3.05) is 5.73 Å². The Hall–Kier alpha value is -2.84. The topological polar surface area (TPSA) is 89.9 Å². The molecule has 0 aliphatic rings. The van der Waals surface area contributed by atoms with Crippen LogP contribution >= 0.6 is 0 Å². The first kappa shape index (κ1) is 13.2. The molecule has 0 amide bonds. The number of nitrogens with two attached hydrogens (primary N) is 1. The first-order chi connectivity index (χ1) is 9.88.